The van der Waals surface area contributed by atoms with E-state index in [4.69, 9.17) is 9.41 Å². The Kier molecular flexibility index (Phi) is 6.31. The molecule has 1 aromatic heterocycles. The van der Waals surface area contributed by atoms with Crippen molar-refractivity contribution < 1.29 is 4.42 Å². The number of aliphatic imine (C=N–C) groups is 1. The summed E-state index contributed by atoms with van der Waals surface area (Å²) in [6.07, 6.45) is 5.02. The van der Waals surface area contributed by atoms with Crippen LogP contribution in [0.25, 0.3) is 11.5 Å². The number of hydrogen-bond acceptors (Lipinski definition) is 3. The van der Waals surface area contributed by atoms with Crippen LogP contribution in [-0.4, -0.2) is 42.0 Å². The monoisotopic (exact) mass is 354 g/mol. The van der Waals surface area contributed by atoms with E-state index in [1.807, 2.05) is 12.1 Å². The first-order chi connectivity index (χ1) is 12.7. The number of aromatic nitrogens is 1. The molecule has 5 heteroatoms. The van der Waals surface area contributed by atoms with Crippen molar-refractivity contribution in [2.24, 2.45) is 10.9 Å². The number of hydrogen-bond donors (Lipinski definition) is 1. The first-order valence-electron chi connectivity index (χ1n) is 9.70. The van der Waals surface area contributed by atoms with Gasteiger partial charge >= 0.3 is 0 Å². The van der Waals surface area contributed by atoms with E-state index in [9.17, 15) is 0 Å². The van der Waals surface area contributed by atoms with Gasteiger partial charge in [0.2, 0.25) is 5.89 Å². The number of oxazole rings is 1. The number of benzene rings is 1. The molecule has 1 saturated heterocycles. The summed E-state index contributed by atoms with van der Waals surface area (Å²) in [5.41, 5.74) is 3.20. The smallest absolute Gasteiger partial charge is 0.226 e. The Morgan fingerprint density at radius 1 is 1.27 bits per heavy atom. The minimum absolute atomic E-state index is 0.681. The number of rotatable bonds is 5. The van der Waals surface area contributed by atoms with Gasteiger partial charge in [0.25, 0.3) is 0 Å². The van der Waals surface area contributed by atoms with Crippen molar-refractivity contribution in [2.75, 3.05) is 26.2 Å². The number of nitrogens with one attached hydrogen (secondary N) is 1. The third-order valence-corrected chi connectivity index (χ3v) is 4.90. The molecule has 2 aromatic rings. The summed E-state index contributed by atoms with van der Waals surface area (Å²) in [7, 11) is 0. The molecule has 0 atom stereocenters. The lowest BCUT2D eigenvalue weighted by atomic mass is 10.00. The van der Waals surface area contributed by atoms with Crippen LogP contribution in [-0.2, 0) is 6.42 Å². The molecule has 1 aliphatic rings. The molecule has 1 N–H and O–H groups in total. The SMILES string of the molecule is CCNC(=NCCc1coc(-c2ccc(C)cc2)n1)N1CCC(C)CC1. The van der Waals surface area contributed by atoms with Crippen LogP contribution >= 0.6 is 0 Å². The number of aryl methyl sites for hydroxylation is 1. The van der Waals surface area contributed by atoms with E-state index in [-0.39, 0.29) is 0 Å². The molecule has 140 valence electrons. The highest BCUT2D eigenvalue weighted by molar-refractivity contribution is 5.80. The van der Waals surface area contributed by atoms with E-state index >= 15 is 0 Å². The average molecular weight is 354 g/mol. The topological polar surface area (TPSA) is 53.7 Å². The van der Waals surface area contributed by atoms with Gasteiger partial charge in [-0.2, -0.15) is 0 Å². The van der Waals surface area contributed by atoms with Crippen LogP contribution in [0, 0.1) is 12.8 Å². The van der Waals surface area contributed by atoms with Gasteiger partial charge in [-0.3, -0.25) is 4.99 Å². The molecule has 0 saturated carbocycles. The first kappa shape index (κ1) is 18.5. The average Bonchev–Trinajstić information content (AvgIpc) is 3.11. The molecule has 0 aliphatic carbocycles. The molecular weight excluding hydrogens is 324 g/mol. The van der Waals surface area contributed by atoms with Gasteiger partial charge in [0.05, 0.1) is 5.69 Å². The van der Waals surface area contributed by atoms with Gasteiger partial charge in [0.1, 0.15) is 6.26 Å². The van der Waals surface area contributed by atoms with Crippen LogP contribution in [0.4, 0.5) is 0 Å². The minimum atomic E-state index is 0.681. The summed E-state index contributed by atoms with van der Waals surface area (Å²) >= 11 is 0. The molecule has 1 aliphatic heterocycles. The Morgan fingerprint density at radius 3 is 2.69 bits per heavy atom. The second-order valence-electron chi connectivity index (χ2n) is 7.17. The largest absolute Gasteiger partial charge is 0.444 e. The van der Waals surface area contributed by atoms with Crippen LogP contribution in [0.2, 0.25) is 0 Å². The van der Waals surface area contributed by atoms with E-state index in [0.717, 1.165) is 49.2 Å². The van der Waals surface area contributed by atoms with Crippen molar-refractivity contribution in [3.8, 4) is 11.5 Å². The highest BCUT2D eigenvalue weighted by atomic mass is 16.3. The Bertz CT molecular complexity index is 712. The second-order valence-corrected chi connectivity index (χ2v) is 7.17. The zero-order valence-electron chi connectivity index (χ0n) is 16.2. The maximum Gasteiger partial charge on any atom is 0.226 e. The summed E-state index contributed by atoms with van der Waals surface area (Å²) in [4.78, 5) is 11.8. The van der Waals surface area contributed by atoms with Crippen LogP contribution in [0.5, 0.6) is 0 Å². The third kappa shape index (κ3) is 4.87. The lowest BCUT2D eigenvalue weighted by Gasteiger charge is -2.33. The van der Waals surface area contributed by atoms with Crippen LogP contribution in [0.15, 0.2) is 39.9 Å². The van der Waals surface area contributed by atoms with Crippen LogP contribution in [0.3, 0.4) is 0 Å². The van der Waals surface area contributed by atoms with E-state index < -0.39 is 0 Å². The highest BCUT2D eigenvalue weighted by Gasteiger charge is 2.18. The fourth-order valence-electron chi connectivity index (χ4n) is 3.17. The van der Waals surface area contributed by atoms with Gasteiger partial charge in [-0.05, 0) is 44.7 Å². The summed E-state index contributed by atoms with van der Waals surface area (Å²) in [5, 5.41) is 3.42. The third-order valence-electron chi connectivity index (χ3n) is 4.90. The van der Waals surface area contributed by atoms with Crippen molar-refractivity contribution in [1.29, 1.82) is 0 Å². The predicted octanol–water partition coefficient (Wildman–Crippen LogP) is 3.89. The number of likely N-dealkylation sites (tertiary alicyclic amines) is 1. The highest BCUT2D eigenvalue weighted by Crippen LogP contribution is 2.19. The fraction of sp³-hybridized carbons (Fsp3) is 0.524. The molecule has 3 rings (SSSR count). The van der Waals surface area contributed by atoms with Crippen LogP contribution < -0.4 is 5.32 Å². The number of nitrogens with zero attached hydrogens (tertiary/aromatic N) is 3. The maximum atomic E-state index is 5.64. The fourth-order valence-corrected chi connectivity index (χ4v) is 3.17. The van der Waals surface area contributed by atoms with Gasteiger partial charge in [-0.15, -0.1) is 0 Å². The summed E-state index contributed by atoms with van der Waals surface area (Å²) in [6.45, 7) is 10.3. The minimum Gasteiger partial charge on any atom is -0.444 e. The van der Waals surface area contributed by atoms with E-state index in [1.54, 1.807) is 6.26 Å². The lowest BCUT2D eigenvalue weighted by molar-refractivity contribution is 0.273. The summed E-state index contributed by atoms with van der Waals surface area (Å²) in [6, 6.07) is 8.24. The van der Waals surface area contributed by atoms with Gasteiger partial charge in [0, 0.05) is 38.2 Å². The molecule has 0 radical (unpaired) electrons. The van der Waals surface area contributed by atoms with E-state index in [0.29, 0.717) is 12.4 Å². The maximum absolute atomic E-state index is 5.64. The van der Waals surface area contributed by atoms with Crippen molar-refractivity contribution >= 4 is 5.96 Å². The predicted molar refractivity (Wildman–Crippen MR) is 106 cm³/mol. The molecule has 0 amide bonds. The Balaban J connectivity index is 1.58. The van der Waals surface area contributed by atoms with Crippen LogP contribution in [0.1, 0.15) is 37.9 Å². The molecule has 0 unspecified atom stereocenters. The van der Waals surface area contributed by atoms with E-state index in [1.165, 1.54) is 18.4 Å². The van der Waals surface area contributed by atoms with Gasteiger partial charge in [0.15, 0.2) is 5.96 Å². The molecule has 0 bridgehead atoms. The number of piperidine rings is 1. The summed E-state index contributed by atoms with van der Waals surface area (Å²) in [5.74, 6) is 2.53. The zero-order chi connectivity index (χ0) is 18.4. The second kappa shape index (κ2) is 8.88. The van der Waals surface area contributed by atoms with Gasteiger partial charge in [-0.25, -0.2) is 4.98 Å². The van der Waals surface area contributed by atoms with Crippen molar-refractivity contribution in [2.45, 2.75) is 40.0 Å². The van der Waals surface area contributed by atoms with Crippen molar-refractivity contribution in [3.05, 3.63) is 41.8 Å². The standard InChI is InChI=1S/C21H30N4O/c1-4-22-21(25-13-10-17(3)11-14-25)23-12-9-19-15-26-20(24-19)18-7-5-16(2)6-8-18/h5-8,15,17H,4,9-14H2,1-3H3,(H,22,23). The molecule has 1 aromatic carbocycles. The molecule has 0 spiro atoms. The zero-order valence-corrected chi connectivity index (χ0v) is 16.2. The Labute approximate surface area is 156 Å². The quantitative estimate of drug-likeness (QED) is 0.654. The molecule has 5 nitrogen and oxygen atoms in total. The lowest BCUT2D eigenvalue weighted by Crippen LogP contribution is -2.45. The Morgan fingerprint density at radius 2 is 2.00 bits per heavy atom. The van der Waals surface area contributed by atoms with E-state index in [2.05, 4.69) is 48.1 Å². The Hall–Kier alpha value is -2.30. The first-order valence-corrected chi connectivity index (χ1v) is 9.70. The van der Waals surface area contributed by atoms with Crippen molar-refractivity contribution in [1.82, 2.24) is 15.2 Å². The molecule has 26 heavy (non-hydrogen) atoms. The molecular formula is C21H30N4O. The van der Waals surface area contributed by atoms with Crippen molar-refractivity contribution in [3.63, 3.8) is 0 Å². The molecule has 1 fully saturated rings. The van der Waals surface area contributed by atoms with Gasteiger partial charge < -0.3 is 14.6 Å². The van der Waals surface area contributed by atoms with Gasteiger partial charge in [-0.1, -0.05) is 24.6 Å². The molecule has 2 heterocycles. The summed E-state index contributed by atoms with van der Waals surface area (Å²) < 4.78 is 5.64. The normalized spacial score (nSPS) is 16.1. The number of guanidine groups is 1.